The number of hydrogen-bond acceptors (Lipinski definition) is 3. The van der Waals surface area contributed by atoms with Crippen LogP contribution in [-0.2, 0) is 14.9 Å². The molecule has 19 heavy (non-hydrogen) atoms. The summed E-state index contributed by atoms with van der Waals surface area (Å²) in [6, 6.07) is 0. The molecule has 0 heterocycles. The van der Waals surface area contributed by atoms with Crippen molar-refractivity contribution in [2.24, 2.45) is 0 Å². The molecule has 0 radical (unpaired) electrons. The Hall–Kier alpha value is -0.720. The van der Waals surface area contributed by atoms with Gasteiger partial charge in [0.05, 0.1) is 32.1 Å². The van der Waals surface area contributed by atoms with E-state index in [2.05, 4.69) is 6.58 Å². The second kappa shape index (κ2) is 8.45. The zero-order chi connectivity index (χ0) is 14.9. The molecule has 0 aromatic rings. The van der Waals surface area contributed by atoms with E-state index in [0.717, 1.165) is 32.4 Å². The average Bonchev–Trinajstić information content (AvgIpc) is 2.29. The van der Waals surface area contributed by atoms with Crippen LogP contribution in [0.15, 0.2) is 12.8 Å². The number of unbranched alkanes of at least 4 members (excludes halogenated alkanes) is 2. The minimum absolute atomic E-state index is 0.186. The fraction of sp³-hybridized carbons (Fsp3) is 0.769. The maximum Gasteiger partial charge on any atom is 0.264 e. The molecule has 0 spiro atoms. The van der Waals surface area contributed by atoms with Crippen molar-refractivity contribution < 1.29 is 22.2 Å². The molecule has 1 atom stereocenters. The van der Waals surface area contributed by atoms with Gasteiger partial charge in [-0.2, -0.15) is 8.42 Å². The van der Waals surface area contributed by atoms with Crippen LogP contribution < -0.4 is 0 Å². The summed E-state index contributed by atoms with van der Waals surface area (Å²) in [5.74, 6) is 0.0232. The molecule has 0 aliphatic carbocycles. The second-order valence-electron chi connectivity index (χ2n) is 5.26. The monoisotopic (exact) mass is 292 g/mol. The predicted molar refractivity (Wildman–Crippen MR) is 76.3 cm³/mol. The lowest BCUT2D eigenvalue weighted by Crippen LogP contribution is -2.40. The van der Waals surface area contributed by atoms with E-state index < -0.39 is 10.1 Å². The molecule has 1 unspecified atom stereocenters. The van der Waals surface area contributed by atoms with Gasteiger partial charge in [0.2, 0.25) is 0 Å². The third-order valence-electron chi connectivity index (χ3n) is 3.21. The minimum atomic E-state index is -3.85. The van der Waals surface area contributed by atoms with Crippen LogP contribution in [0.3, 0.4) is 0 Å². The van der Waals surface area contributed by atoms with E-state index in [1.54, 1.807) is 6.92 Å². The number of carbonyl (C=O) groups is 1. The first-order chi connectivity index (χ1) is 8.68. The largest absolute Gasteiger partial charge is 0.300 e. The molecule has 1 N–H and O–H groups in total. The van der Waals surface area contributed by atoms with Gasteiger partial charge in [0, 0.05) is 6.42 Å². The molecule has 0 bridgehead atoms. The van der Waals surface area contributed by atoms with Crippen molar-refractivity contribution in [3.05, 3.63) is 12.8 Å². The van der Waals surface area contributed by atoms with Crippen molar-refractivity contribution in [2.45, 2.75) is 39.0 Å². The van der Waals surface area contributed by atoms with Crippen LogP contribution in [0.25, 0.3) is 0 Å². The van der Waals surface area contributed by atoms with E-state index in [1.165, 1.54) is 0 Å². The molecule has 0 saturated heterocycles. The summed E-state index contributed by atoms with van der Waals surface area (Å²) in [6.45, 7) is 7.09. The van der Waals surface area contributed by atoms with Gasteiger partial charge in [-0.15, -0.1) is 0 Å². The van der Waals surface area contributed by atoms with Crippen LogP contribution in [-0.4, -0.2) is 49.1 Å². The molecule has 0 aromatic carbocycles. The third-order valence-corrected chi connectivity index (χ3v) is 4.01. The fourth-order valence-corrected chi connectivity index (χ4v) is 2.47. The molecular formula is C13H26NO4S+. The van der Waals surface area contributed by atoms with E-state index in [0.29, 0.717) is 17.3 Å². The van der Waals surface area contributed by atoms with Gasteiger partial charge in [0.1, 0.15) is 5.78 Å². The lowest BCUT2D eigenvalue weighted by molar-refractivity contribution is -0.859. The Morgan fingerprint density at radius 2 is 1.74 bits per heavy atom. The van der Waals surface area contributed by atoms with Gasteiger partial charge in [-0.25, -0.2) is 0 Å². The number of rotatable bonds is 11. The number of nitrogens with zero attached hydrogens (tertiary/aromatic N) is 1. The van der Waals surface area contributed by atoms with Crippen LogP contribution in [0, 0.1) is 0 Å². The summed E-state index contributed by atoms with van der Waals surface area (Å²) in [4.78, 5) is 10.8. The van der Waals surface area contributed by atoms with Crippen molar-refractivity contribution in [3.63, 3.8) is 0 Å². The smallest absolute Gasteiger partial charge is 0.264 e. The number of quaternary nitrogens is 1. The number of Topliss-reactive ketones (excluding diaryl/α,β-unsaturated/α-hetero) is 1. The SMILES string of the molecule is C=C[N+](C)(CCCCC(C)=O)CCCCS(=O)(=O)O. The highest BCUT2D eigenvalue weighted by Crippen LogP contribution is 2.10. The second-order valence-corrected chi connectivity index (χ2v) is 6.83. The minimum Gasteiger partial charge on any atom is -0.300 e. The summed E-state index contributed by atoms with van der Waals surface area (Å²) in [6.07, 6.45) is 5.45. The molecular weight excluding hydrogens is 266 g/mol. The van der Waals surface area contributed by atoms with E-state index in [9.17, 15) is 13.2 Å². The number of ketones is 1. The van der Waals surface area contributed by atoms with Crippen LogP contribution in [0.5, 0.6) is 0 Å². The van der Waals surface area contributed by atoms with Crippen molar-refractivity contribution in [2.75, 3.05) is 25.9 Å². The summed E-state index contributed by atoms with van der Waals surface area (Å²) < 4.78 is 30.5. The highest BCUT2D eigenvalue weighted by Gasteiger charge is 2.17. The molecule has 0 rings (SSSR count). The Kier molecular flexibility index (Phi) is 8.13. The molecule has 5 nitrogen and oxygen atoms in total. The topological polar surface area (TPSA) is 71.4 Å². The van der Waals surface area contributed by atoms with Crippen LogP contribution in [0.1, 0.15) is 39.0 Å². The van der Waals surface area contributed by atoms with Gasteiger partial charge in [0.25, 0.3) is 10.1 Å². The Morgan fingerprint density at radius 3 is 2.16 bits per heavy atom. The molecule has 0 aromatic heterocycles. The van der Waals surface area contributed by atoms with Gasteiger partial charge in [-0.1, -0.05) is 0 Å². The number of hydrogen-bond donors (Lipinski definition) is 1. The Morgan fingerprint density at radius 1 is 1.21 bits per heavy atom. The maximum absolute atomic E-state index is 10.8. The molecule has 0 amide bonds. The van der Waals surface area contributed by atoms with E-state index in [1.807, 2.05) is 13.2 Å². The molecule has 0 aliphatic heterocycles. The molecule has 0 aliphatic rings. The van der Waals surface area contributed by atoms with Crippen molar-refractivity contribution in [1.82, 2.24) is 0 Å². The van der Waals surface area contributed by atoms with Crippen molar-refractivity contribution >= 4 is 15.9 Å². The fourth-order valence-electron chi connectivity index (χ4n) is 1.90. The van der Waals surface area contributed by atoms with Crippen molar-refractivity contribution in [1.29, 1.82) is 0 Å². The van der Waals surface area contributed by atoms with E-state index in [-0.39, 0.29) is 11.5 Å². The molecule has 6 heteroatoms. The Balaban J connectivity index is 3.95. The standard InChI is InChI=1S/C13H25NO4S/c1-4-14(3,10-6-5-9-13(2)15)11-7-8-12-19(16,17)18/h4H,1,5-12H2,2-3H3/p+1. The van der Waals surface area contributed by atoms with Gasteiger partial charge >= 0.3 is 0 Å². The van der Waals surface area contributed by atoms with Crippen LogP contribution in [0.2, 0.25) is 0 Å². The lowest BCUT2D eigenvalue weighted by atomic mass is 10.1. The quantitative estimate of drug-likeness (QED) is 0.359. The average molecular weight is 292 g/mol. The zero-order valence-corrected chi connectivity index (χ0v) is 12.8. The third kappa shape index (κ3) is 10.9. The summed E-state index contributed by atoms with van der Waals surface area (Å²) in [5, 5.41) is 0. The number of carbonyl (C=O) groups excluding carboxylic acids is 1. The summed E-state index contributed by atoms with van der Waals surface area (Å²) in [7, 11) is -1.81. The van der Waals surface area contributed by atoms with Crippen LogP contribution in [0.4, 0.5) is 0 Å². The van der Waals surface area contributed by atoms with Gasteiger partial charge in [0.15, 0.2) is 0 Å². The molecule has 112 valence electrons. The Labute approximate surface area is 116 Å². The first-order valence-electron chi connectivity index (χ1n) is 6.61. The van der Waals surface area contributed by atoms with Gasteiger partial charge < -0.3 is 9.28 Å². The first-order valence-corrected chi connectivity index (χ1v) is 8.22. The summed E-state index contributed by atoms with van der Waals surface area (Å²) in [5.41, 5.74) is 0. The first kappa shape index (κ1) is 18.3. The highest BCUT2D eigenvalue weighted by atomic mass is 32.2. The summed E-state index contributed by atoms with van der Waals surface area (Å²) >= 11 is 0. The zero-order valence-electron chi connectivity index (χ0n) is 12.0. The highest BCUT2D eigenvalue weighted by molar-refractivity contribution is 7.85. The van der Waals surface area contributed by atoms with E-state index >= 15 is 0 Å². The van der Waals surface area contributed by atoms with Crippen molar-refractivity contribution in [3.8, 4) is 0 Å². The van der Waals surface area contributed by atoms with E-state index in [4.69, 9.17) is 4.55 Å². The van der Waals surface area contributed by atoms with Gasteiger partial charge in [-0.3, -0.25) is 4.55 Å². The molecule has 0 fully saturated rings. The lowest BCUT2D eigenvalue weighted by Gasteiger charge is -2.30. The van der Waals surface area contributed by atoms with Crippen LogP contribution >= 0.6 is 0 Å². The van der Waals surface area contributed by atoms with Gasteiger partial charge in [-0.05, 0) is 39.2 Å². The maximum atomic E-state index is 10.8. The predicted octanol–water partition coefficient (Wildman–Crippen LogP) is 2.00. The molecule has 0 saturated carbocycles. The Bertz CT molecular complexity index is 391. The normalized spacial score (nSPS) is 14.9.